The molecule has 0 radical (unpaired) electrons. The van der Waals surface area contributed by atoms with E-state index in [4.69, 9.17) is 0 Å². The molecule has 1 aliphatic rings. The molecule has 1 N–H and O–H groups in total. The van der Waals surface area contributed by atoms with Crippen LogP contribution >= 0.6 is 0 Å². The summed E-state index contributed by atoms with van der Waals surface area (Å²) >= 11 is 0. The van der Waals surface area contributed by atoms with Gasteiger partial charge in [0.15, 0.2) is 0 Å². The van der Waals surface area contributed by atoms with Crippen molar-refractivity contribution in [1.82, 2.24) is 4.90 Å². The Labute approximate surface area is 90.2 Å². The van der Waals surface area contributed by atoms with Gasteiger partial charge in [0, 0.05) is 14.1 Å². The normalized spacial score (nSPS) is 19.1. The molecule has 0 heterocycles. The highest BCUT2D eigenvalue weighted by molar-refractivity contribution is 5.67. The molecular formula is C13H15NO. The second-order valence-electron chi connectivity index (χ2n) is 3.96. The van der Waals surface area contributed by atoms with Crippen LogP contribution in [0.25, 0.3) is 6.08 Å². The summed E-state index contributed by atoms with van der Waals surface area (Å²) in [6, 6.07) is 7.93. The Morgan fingerprint density at radius 1 is 1.27 bits per heavy atom. The van der Waals surface area contributed by atoms with Gasteiger partial charge < -0.3 is 10.0 Å². The van der Waals surface area contributed by atoms with Crippen LogP contribution in [0.5, 0.6) is 0 Å². The van der Waals surface area contributed by atoms with Crippen LogP contribution in [-0.2, 0) is 0 Å². The average molecular weight is 201 g/mol. The summed E-state index contributed by atoms with van der Waals surface area (Å²) in [4.78, 5) is 1.95. The standard InChI is InChI=1S/C13H15NO/c1-14(2)8-7-11-9-10-5-3-4-6-12(10)13(11)15/h3-9,13,15H,1-2H3/b8-7+. The Morgan fingerprint density at radius 2 is 2.00 bits per heavy atom. The molecule has 0 amide bonds. The van der Waals surface area contributed by atoms with Crippen molar-refractivity contribution in [3.63, 3.8) is 0 Å². The molecule has 1 aromatic carbocycles. The Balaban J connectivity index is 2.27. The van der Waals surface area contributed by atoms with Gasteiger partial charge in [0.25, 0.3) is 0 Å². The maximum atomic E-state index is 10.0. The molecule has 1 unspecified atom stereocenters. The number of benzene rings is 1. The molecular weight excluding hydrogens is 186 g/mol. The van der Waals surface area contributed by atoms with Crippen LogP contribution in [0.3, 0.4) is 0 Å². The number of hydrogen-bond donors (Lipinski definition) is 1. The van der Waals surface area contributed by atoms with Gasteiger partial charge in [0.1, 0.15) is 6.10 Å². The molecule has 0 aliphatic heterocycles. The summed E-state index contributed by atoms with van der Waals surface area (Å²) in [7, 11) is 3.93. The predicted molar refractivity (Wildman–Crippen MR) is 62.2 cm³/mol. The minimum absolute atomic E-state index is 0.475. The SMILES string of the molecule is CN(C)/C=C/C1=Cc2ccccc2C1O. The molecule has 0 spiro atoms. The predicted octanol–water partition coefficient (Wildman–Crippen LogP) is 2.19. The molecule has 0 bridgehead atoms. The number of nitrogens with zero attached hydrogens (tertiary/aromatic N) is 1. The second kappa shape index (κ2) is 3.91. The lowest BCUT2D eigenvalue weighted by Gasteiger charge is -2.08. The van der Waals surface area contributed by atoms with Crippen molar-refractivity contribution in [2.75, 3.05) is 14.1 Å². The summed E-state index contributed by atoms with van der Waals surface area (Å²) in [5, 5.41) is 10.0. The van der Waals surface area contributed by atoms with Crippen LogP contribution in [0.15, 0.2) is 42.1 Å². The molecule has 2 heteroatoms. The minimum atomic E-state index is -0.475. The second-order valence-corrected chi connectivity index (χ2v) is 3.96. The van der Waals surface area contributed by atoms with E-state index >= 15 is 0 Å². The van der Waals surface area contributed by atoms with Crippen LogP contribution in [0.2, 0.25) is 0 Å². The fourth-order valence-corrected chi connectivity index (χ4v) is 1.70. The lowest BCUT2D eigenvalue weighted by molar-refractivity contribution is 0.223. The van der Waals surface area contributed by atoms with E-state index in [1.165, 1.54) is 0 Å². The van der Waals surface area contributed by atoms with Crippen LogP contribution in [0, 0.1) is 0 Å². The first-order valence-electron chi connectivity index (χ1n) is 5.01. The molecule has 1 aliphatic carbocycles. The molecule has 15 heavy (non-hydrogen) atoms. The third-order valence-corrected chi connectivity index (χ3v) is 2.49. The summed E-state index contributed by atoms with van der Waals surface area (Å²) in [5.74, 6) is 0. The van der Waals surface area contributed by atoms with E-state index in [1.54, 1.807) is 0 Å². The molecule has 78 valence electrons. The van der Waals surface area contributed by atoms with E-state index in [1.807, 2.05) is 61.6 Å². The fourth-order valence-electron chi connectivity index (χ4n) is 1.70. The molecule has 1 atom stereocenters. The summed E-state index contributed by atoms with van der Waals surface area (Å²) < 4.78 is 0. The van der Waals surface area contributed by atoms with Gasteiger partial charge in [-0.25, -0.2) is 0 Å². The largest absolute Gasteiger partial charge is 0.384 e. The molecule has 1 aromatic rings. The van der Waals surface area contributed by atoms with Gasteiger partial charge in [-0.3, -0.25) is 0 Å². The van der Waals surface area contributed by atoms with Gasteiger partial charge in [0.2, 0.25) is 0 Å². The summed E-state index contributed by atoms with van der Waals surface area (Å²) in [6.07, 6.45) is 5.45. The first-order valence-corrected chi connectivity index (χ1v) is 5.01. The third-order valence-electron chi connectivity index (χ3n) is 2.49. The lowest BCUT2D eigenvalue weighted by atomic mass is 10.1. The molecule has 0 fully saturated rings. The van der Waals surface area contributed by atoms with E-state index in [0.29, 0.717) is 0 Å². The zero-order chi connectivity index (χ0) is 10.8. The zero-order valence-electron chi connectivity index (χ0n) is 9.01. The van der Waals surface area contributed by atoms with Crippen LogP contribution in [0.1, 0.15) is 17.2 Å². The van der Waals surface area contributed by atoms with Crippen LogP contribution < -0.4 is 0 Å². The van der Waals surface area contributed by atoms with E-state index in [-0.39, 0.29) is 0 Å². The van der Waals surface area contributed by atoms with Crippen molar-refractivity contribution in [1.29, 1.82) is 0 Å². The minimum Gasteiger partial charge on any atom is -0.384 e. The number of rotatable bonds is 2. The highest BCUT2D eigenvalue weighted by atomic mass is 16.3. The van der Waals surface area contributed by atoms with Gasteiger partial charge in [-0.15, -0.1) is 0 Å². The van der Waals surface area contributed by atoms with Gasteiger partial charge in [0.05, 0.1) is 0 Å². The monoisotopic (exact) mass is 201 g/mol. The van der Waals surface area contributed by atoms with E-state index in [9.17, 15) is 5.11 Å². The molecule has 2 nitrogen and oxygen atoms in total. The summed E-state index contributed by atoms with van der Waals surface area (Å²) in [6.45, 7) is 0. The Kier molecular flexibility index (Phi) is 2.60. The van der Waals surface area contributed by atoms with Crippen LogP contribution in [-0.4, -0.2) is 24.1 Å². The molecule has 2 rings (SSSR count). The molecule has 0 aromatic heterocycles. The van der Waals surface area contributed by atoms with Gasteiger partial charge >= 0.3 is 0 Å². The van der Waals surface area contributed by atoms with Crippen molar-refractivity contribution in [3.8, 4) is 0 Å². The highest BCUT2D eigenvalue weighted by Crippen LogP contribution is 2.34. The fraction of sp³-hybridized carbons (Fsp3) is 0.231. The van der Waals surface area contributed by atoms with Crippen molar-refractivity contribution < 1.29 is 5.11 Å². The van der Waals surface area contributed by atoms with Crippen molar-refractivity contribution >= 4 is 6.08 Å². The molecule has 0 saturated heterocycles. The van der Waals surface area contributed by atoms with Crippen LogP contribution in [0.4, 0.5) is 0 Å². The highest BCUT2D eigenvalue weighted by Gasteiger charge is 2.20. The number of fused-ring (bicyclic) bond motifs is 1. The number of aliphatic hydroxyl groups is 1. The Hall–Kier alpha value is -1.54. The zero-order valence-corrected chi connectivity index (χ0v) is 9.01. The van der Waals surface area contributed by atoms with Crippen molar-refractivity contribution in [2.24, 2.45) is 0 Å². The topological polar surface area (TPSA) is 23.5 Å². The Morgan fingerprint density at radius 3 is 2.67 bits per heavy atom. The van der Waals surface area contributed by atoms with E-state index in [0.717, 1.165) is 16.7 Å². The van der Waals surface area contributed by atoms with Gasteiger partial charge in [-0.05, 0) is 35.1 Å². The van der Waals surface area contributed by atoms with E-state index < -0.39 is 6.10 Å². The first-order chi connectivity index (χ1) is 7.18. The average Bonchev–Trinajstić information content (AvgIpc) is 2.54. The van der Waals surface area contributed by atoms with Crippen molar-refractivity contribution in [2.45, 2.75) is 6.10 Å². The lowest BCUT2D eigenvalue weighted by Crippen LogP contribution is -2.01. The molecule has 0 saturated carbocycles. The van der Waals surface area contributed by atoms with Gasteiger partial charge in [-0.1, -0.05) is 24.3 Å². The summed E-state index contributed by atoms with van der Waals surface area (Å²) in [5.41, 5.74) is 3.06. The quantitative estimate of drug-likeness (QED) is 0.792. The third kappa shape index (κ3) is 1.95. The smallest absolute Gasteiger partial charge is 0.105 e. The maximum Gasteiger partial charge on any atom is 0.105 e. The number of hydrogen-bond acceptors (Lipinski definition) is 2. The van der Waals surface area contributed by atoms with E-state index in [2.05, 4.69) is 0 Å². The first kappa shape index (κ1) is 9.99. The Bertz CT molecular complexity index is 418. The van der Waals surface area contributed by atoms with Gasteiger partial charge in [-0.2, -0.15) is 0 Å². The maximum absolute atomic E-state index is 10.0. The van der Waals surface area contributed by atoms with Crippen molar-refractivity contribution in [3.05, 3.63) is 53.2 Å². The number of aliphatic hydroxyl groups excluding tert-OH is 1.